The van der Waals surface area contributed by atoms with E-state index in [9.17, 15) is 20.4 Å². The summed E-state index contributed by atoms with van der Waals surface area (Å²) in [5.41, 5.74) is 3.89. The summed E-state index contributed by atoms with van der Waals surface area (Å²) in [4.78, 5) is 4.31. The SMILES string of the molecule is Cc1cc(CN2CC2)ccc1NCCCCCCN1C[C@H](O)[C@@H](O)[C@H](O)[C@H]1CO. The summed E-state index contributed by atoms with van der Waals surface area (Å²) >= 11 is 0. The molecule has 2 aliphatic heterocycles. The number of unbranched alkanes of at least 4 members (excludes halogenated alkanes) is 3. The van der Waals surface area contributed by atoms with Crippen molar-refractivity contribution in [3.63, 3.8) is 0 Å². The van der Waals surface area contributed by atoms with E-state index in [2.05, 4.69) is 35.3 Å². The van der Waals surface area contributed by atoms with Gasteiger partial charge in [0.05, 0.1) is 18.8 Å². The molecule has 0 bridgehead atoms. The molecule has 4 atom stereocenters. The highest BCUT2D eigenvalue weighted by atomic mass is 16.4. The predicted octanol–water partition coefficient (Wildman–Crippen LogP) is 0.542. The van der Waals surface area contributed by atoms with Crippen molar-refractivity contribution in [2.24, 2.45) is 0 Å². The van der Waals surface area contributed by atoms with Gasteiger partial charge in [0.2, 0.25) is 0 Å². The van der Waals surface area contributed by atoms with Crippen molar-refractivity contribution in [1.82, 2.24) is 9.80 Å². The highest BCUT2D eigenvalue weighted by Crippen LogP contribution is 2.21. The number of aliphatic hydroxyl groups is 4. The Balaban J connectivity index is 1.30. The lowest BCUT2D eigenvalue weighted by Gasteiger charge is -2.43. The summed E-state index contributed by atoms with van der Waals surface area (Å²) < 4.78 is 0. The molecule has 164 valence electrons. The summed E-state index contributed by atoms with van der Waals surface area (Å²) in [5, 5.41) is 42.7. The van der Waals surface area contributed by atoms with Crippen LogP contribution in [0.15, 0.2) is 18.2 Å². The molecule has 2 fully saturated rings. The van der Waals surface area contributed by atoms with Crippen LogP contribution in [0, 0.1) is 6.92 Å². The number of nitrogens with zero attached hydrogens (tertiary/aromatic N) is 2. The lowest BCUT2D eigenvalue weighted by atomic mass is 9.94. The monoisotopic (exact) mass is 407 g/mol. The number of benzene rings is 1. The van der Waals surface area contributed by atoms with Crippen molar-refractivity contribution in [1.29, 1.82) is 0 Å². The Morgan fingerprint density at radius 2 is 1.79 bits per heavy atom. The van der Waals surface area contributed by atoms with Gasteiger partial charge in [0.1, 0.15) is 12.2 Å². The van der Waals surface area contributed by atoms with Gasteiger partial charge in [0.25, 0.3) is 0 Å². The highest BCUT2D eigenvalue weighted by Gasteiger charge is 2.40. The first kappa shape index (κ1) is 22.5. The minimum atomic E-state index is -1.18. The number of aliphatic hydroxyl groups excluding tert-OH is 4. The third kappa shape index (κ3) is 6.38. The number of piperidine rings is 1. The van der Waals surface area contributed by atoms with Crippen molar-refractivity contribution < 1.29 is 20.4 Å². The van der Waals surface area contributed by atoms with Gasteiger partial charge in [-0.15, -0.1) is 0 Å². The molecule has 0 spiro atoms. The van der Waals surface area contributed by atoms with Gasteiger partial charge in [-0.05, 0) is 43.5 Å². The first-order valence-corrected chi connectivity index (χ1v) is 10.9. The van der Waals surface area contributed by atoms with E-state index in [1.165, 1.54) is 29.9 Å². The van der Waals surface area contributed by atoms with Gasteiger partial charge < -0.3 is 25.7 Å². The van der Waals surface area contributed by atoms with Gasteiger partial charge >= 0.3 is 0 Å². The Morgan fingerprint density at radius 1 is 1.03 bits per heavy atom. The zero-order valence-corrected chi connectivity index (χ0v) is 17.5. The second-order valence-corrected chi connectivity index (χ2v) is 8.56. The van der Waals surface area contributed by atoms with Crippen LogP contribution in [0.3, 0.4) is 0 Å². The summed E-state index contributed by atoms with van der Waals surface area (Å²) in [7, 11) is 0. The average molecular weight is 408 g/mol. The zero-order chi connectivity index (χ0) is 20.8. The van der Waals surface area contributed by atoms with Crippen LogP contribution in [-0.2, 0) is 6.54 Å². The first-order valence-electron chi connectivity index (χ1n) is 10.9. The molecule has 2 aliphatic rings. The van der Waals surface area contributed by atoms with Crippen LogP contribution in [0.4, 0.5) is 5.69 Å². The summed E-state index contributed by atoms with van der Waals surface area (Å²) in [6, 6.07) is 6.17. The average Bonchev–Trinajstić information content (AvgIpc) is 3.51. The number of aryl methyl sites for hydroxylation is 1. The normalized spacial score (nSPS) is 27.9. The Morgan fingerprint density at radius 3 is 2.48 bits per heavy atom. The maximum absolute atomic E-state index is 10.0. The van der Waals surface area contributed by atoms with Crippen LogP contribution >= 0.6 is 0 Å². The Bertz CT molecular complexity index is 640. The van der Waals surface area contributed by atoms with E-state index in [0.29, 0.717) is 6.54 Å². The van der Waals surface area contributed by atoms with Crippen LogP contribution in [-0.4, -0.2) is 93.9 Å². The fourth-order valence-corrected chi connectivity index (χ4v) is 4.16. The molecule has 0 saturated carbocycles. The molecule has 5 N–H and O–H groups in total. The van der Waals surface area contributed by atoms with Gasteiger partial charge in [0.15, 0.2) is 0 Å². The molecule has 0 unspecified atom stereocenters. The van der Waals surface area contributed by atoms with E-state index < -0.39 is 24.4 Å². The van der Waals surface area contributed by atoms with E-state index in [1.807, 2.05) is 4.90 Å². The fourth-order valence-electron chi connectivity index (χ4n) is 4.16. The number of rotatable bonds is 11. The van der Waals surface area contributed by atoms with Crippen molar-refractivity contribution in [3.8, 4) is 0 Å². The van der Waals surface area contributed by atoms with Gasteiger partial charge in [-0.2, -0.15) is 0 Å². The van der Waals surface area contributed by atoms with Crippen molar-refractivity contribution >= 4 is 5.69 Å². The number of anilines is 1. The van der Waals surface area contributed by atoms with Crippen LogP contribution in [0.5, 0.6) is 0 Å². The Labute approximate surface area is 174 Å². The number of β-amino-alcohol motifs (C(OH)–C–C–N with tert-alkyl or cyclic N) is 1. The second kappa shape index (κ2) is 10.7. The molecular formula is C22H37N3O4. The van der Waals surface area contributed by atoms with Crippen LogP contribution in [0.2, 0.25) is 0 Å². The van der Waals surface area contributed by atoms with Crippen LogP contribution < -0.4 is 5.32 Å². The lowest BCUT2D eigenvalue weighted by Crippen LogP contribution is -2.62. The molecule has 3 rings (SSSR count). The summed E-state index contributed by atoms with van der Waals surface area (Å²) in [5.74, 6) is 0. The quantitative estimate of drug-likeness (QED) is 0.270. The van der Waals surface area contributed by atoms with Gasteiger partial charge in [-0.1, -0.05) is 25.0 Å². The molecule has 1 aromatic rings. The number of hydrogen-bond acceptors (Lipinski definition) is 7. The molecule has 0 radical (unpaired) electrons. The number of nitrogens with one attached hydrogen (secondary N) is 1. The topological polar surface area (TPSA) is 99.2 Å². The van der Waals surface area contributed by atoms with Crippen molar-refractivity contribution in [2.75, 3.05) is 44.6 Å². The number of hydrogen-bond donors (Lipinski definition) is 5. The van der Waals surface area contributed by atoms with E-state index in [1.54, 1.807) is 0 Å². The summed E-state index contributed by atoms with van der Waals surface area (Å²) in [6.07, 6.45) is 0.928. The van der Waals surface area contributed by atoms with Crippen LogP contribution in [0.1, 0.15) is 36.8 Å². The zero-order valence-electron chi connectivity index (χ0n) is 17.5. The van der Waals surface area contributed by atoms with E-state index >= 15 is 0 Å². The molecule has 0 aliphatic carbocycles. The first-order chi connectivity index (χ1) is 14.0. The van der Waals surface area contributed by atoms with E-state index in [-0.39, 0.29) is 13.2 Å². The minimum absolute atomic E-state index is 0.217. The van der Waals surface area contributed by atoms with Crippen molar-refractivity contribution in [3.05, 3.63) is 29.3 Å². The minimum Gasteiger partial charge on any atom is -0.395 e. The van der Waals surface area contributed by atoms with E-state index in [0.717, 1.165) is 38.8 Å². The molecule has 1 aromatic carbocycles. The standard InChI is InChI=1S/C22H37N3O4/c1-16-12-17(13-24-10-11-24)6-7-18(16)23-8-4-2-3-5-9-25-14-20(27)22(29)21(28)19(25)15-26/h6-7,12,19-23,26-29H,2-5,8-11,13-15H2,1H3/t19-,20+,21-,22-/m1/s1. The molecule has 29 heavy (non-hydrogen) atoms. The van der Waals surface area contributed by atoms with E-state index in [4.69, 9.17) is 0 Å². The Hall–Kier alpha value is -1.22. The smallest absolute Gasteiger partial charge is 0.109 e. The third-order valence-electron chi connectivity index (χ3n) is 6.14. The van der Waals surface area contributed by atoms with Gasteiger partial charge in [0, 0.05) is 38.4 Å². The molecular weight excluding hydrogens is 370 g/mol. The lowest BCUT2D eigenvalue weighted by molar-refractivity contribution is -0.145. The molecule has 2 saturated heterocycles. The predicted molar refractivity (Wildman–Crippen MR) is 114 cm³/mol. The van der Waals surface area contributed by atoms with Crippen molar-refractivity contribution in [2.45, 2.75) is 63.5 Å². The maximum Gasteiger partial charge on any atom is 0.109 e. The number of likely N-dealkylation sites (tertiary alicyclic amines) is 1. The van der Waals surface area contributed by atoms with Crippen LogP contribution in [0.25, 0.3) is 0 Å². The molecule has 2 heterocycles. The second-order valence-electron chi connectivity index (χ2n) is 8.56. The highest BCUT2D eigenvalue weighted by molar-refractivity contribution is 5.52. The largest absolute Gasteiger partial charge is 0.395 e. The third-order valence-corrected chi connectivity index (χ3v) is 6.14. The molecule has 7 heteroatoms. The summed E-state index contributed by atoms with van der Waals surface area (Å²) in [6.45, 7) is 7.38. The maximum atomic E-state index is 10.0. The van der Waals surface area contributed by atoms with Gasteiger partial charge in [-0.3, -0.25) is 9.80 Å². The molecule has 7 nitrogen and oxygen atoms in total. The fraction of sp³-hybridized carbons (Fsp3) is 0.727. The Kier molecular flexibility index (Phi) is 8.29. The van der Waals surface area contributed by atoms with Gasteiger partial charge in [-0.25, -0.2) is 0 Å². The molecule has 0 aromatic heterocycles. The molecule has 0 amide bonds.